The molecular weight excluding hydrogens is 204 g/mol. The van der Waals surface area contributed by atoms with Crippen molar-refractivity contribution >= 4 is 5.97 Å². The molecule has 0 bridgehead atoms. The van der Waals surface area contributed by atoms with Crippen LogP contribution in [0.2, 0.25) is 0 Å². The summed E-state index contributed by atoms with van der Waals surface area (Å²) in [5.41, 5.74) is -0.738. The summed E-state index contributed by atoms with van der Waals surface area (Å²) in [7, 11) is 0. The predicted octanol–water partition coefficient (Wildman–Crippen LogP) is 1.09. The summed E-state index contributed by atoms with van der Waals surface area (Å²) in [6.07, 6.45) is 4.19. The van der Waals surface area contributed by atoms with E-state index in [0.717, 1.165) is 26.1 Å². The molecule has 0 aromatic heterocycles. The topological polar surface area (TPSA) is 52.6 Å². The molecule has 4 nitrogen and oxygen atoms in total. The number of rotatable bonds is 6. The van der Waals surface area contributed by atoms with Crippen molar-refractivity contribution in [3.63, 3.8) is 0 Å². The Balaban J connectivity index is 2.55. The van der Waals surface area contributed by atoms with Gasteiger partial charge in [0, 0.05) is 19.6 Å². The predicted molar refractivity (Wildman–Crippen MR) is 64.5 cm³/mol. The molecule has 4 heteroatoms. The van der Waals surface area contributed by atoms with Crippen LogP contribution >= 0.6 is 0 Å². The van der Waals surface area contributed by atoms with Crippen molar-refractivity contribution < 1.29 is 9.90 Å². The number of likely N-dealkylation sites (tertiary alicyclic amines) is 1. The lowest BCUT2D eigenvalue weighted by molar-refractivity contribution is -0.147. The van der Waals surface area contributed by atoms with Crippen LogP contribution in [0.15, 0.2) is 12.7 Å². The Morgan fingerprint density at radius 1 is 1.56 bits per heavy atom. The highest BCUT2D eigenvalue weighted by Gasteiger charge is 2.40. The van der Waals surface area contributed by atoms with Gasteiger partial charge in [0.1, 0.15) is 5.54 Å². The molecule has 0 amide bonds. The number of hydrogen-bond donors (Lipinski definition) is 2. The van der Waals surface area contributed by atoms with Crippen molar-refractivity contribution in [2.75, 3.05) is 26.2 Å². The Morgan fingerprint density at radius 2 is 2.19 bits per heavy atom. The Morgan fingerprint density at radius 3 is 2.62 bits per heavy atom. The minimum absolute atomic E-state index is 0.556. The van der Waals surface area contributed by atoms with Crippen molar-refractivity contribution in [3.8, 4) is 0 Å². The van der Waals surface area contributed by atoms with Gasteiger partial charge in [0.2, 0.25) is 0 Å². The van der Waals surface area contributed by atoms with Gasteiger partial charge in [-0.05, 0) is 25.8 Å². The smallest absolute Gasteiger partial charge is 0.324 e. The number of carboxylic acid groups (broad SMARTS) is 1. The maximum atomic E-state index is 11.3. The molecule has 1 aliphatic heterocycles. The summed E-state index contributed by atoms with van der Waals surface area (Å²) in [6.45, 7) is 9.11. The Labute approximate surface area is 97.3 Å². The van der Waals surface area contributed by atoms with Crippen molar-refractivity contribution in [2.24, 2.45) is 0 Å². The zero-order valence-electron chi connectivity index (χ0n) is 10.0. The average molecular weight is 226 g/mol. The molecule has 1 aliphatic rings. The number of nitrogens with one attached hydrogen (secondary N) is 1. The molecule has 1 saturated heterocycles. The van der Waals surface area contributed by atoms with Crippen LogP contribution in [0.3, 0.4) is 0 Å². The van der Waals surface area contributed by atoms with E-state index in [1.54, 1.807) is 6.08 Å². The van der Waals surface area contributed by atoms with Crippen LogP contribution in [0.25, 0.3) is 0 Å². The number of carbonyl (C=O) groups is 1. The zero-order valence-corrected chi connectivity index (χ0v) is 10.0. The van der Waals surface area contributed by atoms with Gasteiger partial charge in [-0.3, -0.25) is 10.1 Å². The van der Waals surface area contributed by atoms with E-state index in [4.69, 9.17) is 0 Å². The van der Waals surface area contributed by atoms with E-state index < -0.39 is 11.5 Å². The lowest BCUT2D eigenvalue weighted by Crippen LogP contribution is -2.58. The lowest BCUT2D eigenvalue weighted by atomic mass is 9.87. The van der Waals surface area contributed by atoms with Gasteiger partial charge >= 0.3 is 5.97 Å². The Hall–Kier alpha value is -0.870. The van der Waals surface area contributed by atoms with Crippen LogP contribution in [0, 0.1) is 0 Å². The molecule has 0 aromatic carbocycles. The molecule has 92 valence electrons. The summed E-state index contributed by atoms with van der Waals surface area (Å²) in [6, 6.07) is 0. The Kier molecular flexibility index (Phi) is 4.96. The SMILES string of the molecule is C=CCNC1(C(=O)O)CCN(CCC)CC1. The van der Waals surface area contributed by atoms with Gasteiger partial charge in [-0.1, -0.05) is 13.0 Å². The second kappa shape index (κ2) is 6.01. The third-order valence-corrected chi connectivity index (χ3v) is 3.24. The maximum Gasteiger partial charge on any atom is 0.324 e. The van der Waals surface area contributed by atoms with Crippen LogP contribution in [-0.4, -0.2) is 47.7 Å². The number of aliphatic carboxylic acids is 1. The molecule has 0 unspecified atom stereocenters. The van der Waals surface area contributed by atoms with Crippen LogP contribution < -0.4 is 5.32 Å². The highest BCUT2D eigenvalue weighted by atomic mass is 16.4. The van der Waals surface area contributed by atoms with E-state index >= 15 is 0 Å². The van der Waals surface area contributed by atoms with Gasteiger partial charge in [-0.25, -0.2) is 0 Å². The second-order valence-corrected chi connectivity index (χ2v) is 4.40. The fourth-order valence-electron chi connectivity index (χ4n) is 2.21. The van der Waals surface area contributed by atoms with Crippen molar-refractivity contribution in [1.82, 2.24) is 10.2 Å². The number of piperidine rings is 1. The summed E-state index contributed by atoms with van der Waals surface area (Å²) < 4.78 is 0. The van der Waals surface area contributed by atoms with Gasteiger partial charge in [0.05, 0.1) is 0 Å². The average Bonchev–Trinajstić information content (AvgIpc) is 2.28. The molecule has 0 atom stereocenters. The molecule has 1 fully saturated rings. The van der Waals surface area contributed by atoms with E-state index in [0.29, 0.717) is 19.4 Å². The van der Waals surface area contributed by atoms with Gasteiger partial charge in [-0.15, -0.1) is 6.58 Å². The zero-order chi connectivity index (χ0) is 12.0. The molecule has 0 saturated carbocycles. The summed E-state index contributed by atoms with van der Waals surface area (Å²) in [5.74, 6) is -0.731. The lowest BCUT2D eigenvalue weighted by Gasteiger charge is -2.39. The van der Waals surface area contributed by atoms with E-state index in [9.17, 15) is 9.90 Å². The second-order valence-electron chi connectivity index (χ2n) is 4.40. The van der Waals surface area contributed by atoms with Crippen LogP contribution in [-0.2, 0) is 4.79 Å². The number of carboxylic acids is 1. The van der Waals surface area contributed by atoms with Gasteiger partial charge in [0.25, 0.3) is 0 Å². The third kappa shape index (κ3) is 3.06. The van der Waals surface area contributed by atoms with Gasteiger partial charge in [0.15, 0.2) is 0 Å². The standard InChI is InChI=1S/C12H22N2O2/c1-3-7-13-12(11(15)16)5-9-14(8-4-2)10-6-12/h3,13H,1,4-10H2,2H3,(H,15,16). The first-order valence-electron chi connectivity index (χ1n) is 5.96. The fraction of sp³-hybridized carbons (Fsp3) is 0.750. The quantitative estimate of drug-likeness (QED) is 0.666. The van der Waals surface area contributed by atoms with Crippen LogP contribution in [0.4, 0.5) is 0 Å². The molecule has 0 aromatic rings. The van der Waals surface area contributed by atoms with E-state index in [-0.39, 0.29) is 0 Å². The van der Waals surface area contributed by atoms with E-state index in [1.165, 1.54) is 0 Å². The number of hydrogen-bond acceptors (Lipinski definition) is 3. The molecule has 1 rings (SSSR count). The monoisotopic (exact) mass is 226 g/mol. The molecule has 1 heterocycles. The highest BCUT2D eigenvalue weighted by Crippen LogP contribution is 2.22. The molecule has 2 N–H and O–H groups in total. The molecule has 0 spiro atoms. The fourth-order valence-corrected chi connectivity index (χ4v) is 2.21. The van der Waals surface area contributed by atoms with Crippen molar-refractivity contribution in [3.05, 3.63) is 12.7 Å². The first kappa shape index (κ1) is 13.2. The minimum Gasteiger partial charge on any atom is -0.480 e. The van der Waals surface area contributed by atoms with E-state index in [2.05, 4.69) is 23.7 Å². The van der Waals surface area contributed by atoms with Crippen LogP contribution in [0.5, 0.6) is 0 Å². The van der Waals surface area contributed by atoms with Crippen molar-refractivity contribution in [2.45, 2.75) is 31.7 Å². The van der Waals surface area contributed by atoms with Crippen LogP contribution in [0.1, 0.15) is 26.2 Å². The maximum absolute atomic E-state index is 11.3. The number of nitrogens with zero attached hydrogens (tertiary/aromatic N) is 1. The van der Waals surface area contributed by atoms with Gasteiger partial charge < -0.3 is 10.0 Å². The molecule has 0 aliphatic carbocycles. The molecule has 16 heavy (non-hydrogen) atoms. The molecule has 0 radical (unpaired) electrons. The van der Waals surface area contributed by atoms with Gasteiger partial charge in [-0.2, -0.15) is 0 Å². The normalized spacial score (nSPS) is 20.6. The first-order valence-corrected chi connectivity index (χ1v) is 5.96. The Bertz CT molecular complexity index is 245. The summed E-state index contributed by atoms with van der Waals surface area (Å²) in [5, 5.41) is 12.4. The minimum atomic E-state index is -0.738. The summed E-state index contributed by atoms with van der Waals surface area (Å²) in [4.78, 5) is 13.7. The highest BCUT2D eigenvalue weighted by molar-refractivity contribution is 5.79. The van der Waals surface area contributed by atoms with Crippen molar-refractivity contribution in [1.29, 1.82) is 0 Å². The largest absolute Gasteiger partial charge is 0.480 e. The third-order valence-electron chi connectivity index (χ3n) is 3.24. The molecular formula is C12H22N2O2. The van der Waals surface area contributed by atoms with E-state index in [1.807, 2.05) is 0 Å². The summed E-state index contributed by atoms with van der Waals surface area (Å²) >= 11 is 0. The first-order chi connectivity index (χ1) is 7.64.